The third-order valence-corrected chi connectivity index (χ3v) is 3.86. The molecule has 3 rings (SSSR count). The van der Waals surface area contributed by atoms with E-state index in [9.17, 15) is 9.59 Å². The van der Waals surface area contributed by atoms with E-state index < -0.39 is 6.03 Å². The lowest BCUT2D eigenvalue weighted by atomic mass is 10.1. The third-order valence-electron chi connectivity index (χ3n) is 3.86. The number of rotatable bonds is 4. The van der Waals surface area contributed by atoms with Crippen molar-refractivity contribution in [1.82, 2.24) is 19.7 Å². The van der Waals surface area contributed by atoms with Gasteiger partial charge in [-0.15, -0.1) is 0 Å². The minimum Gasteiger partial charge on any atom is -0.331 e. The van der Waals surface area contributed by atoms with E-state index >= 15 is 0 Å². The fraction of sp³-hybridized carbons (Fsp3) is 0.167. The summed E-state index contributed by atoms with van der Waals surface area (Å²) in [5.74, 6) is 0. The molecule has 2 amide bonds. The van der Waals surface area contributed by atoms with Crippen molar-refractivity contribution < 1.29 is 4.79 Å². The Morgan fingerprint density at radius 2 is 2.00 bits per heavy atom. The Balaban J connectivity index is 1.70. The molecule has 1 atom stereocenters. The topological polar surface area (TPSA) is 81.0 Å². The van der Waals surface area contributed by atoms with Gasteiger partial charge in [0.15, 0.2) is 0 Å². The zero-order valence-corrected chi connectivity index (χ0v) is 14.0. The molecule has 2 heterocycles. The molecule has 2 N–H and O–H groups in total. The number of carbonyl (C=O) groups excluding carboxylic acids is 1. The average molecular weight is 337 g/mol. The van der Waals surface area contributed by atoms with Crippen molar-refractivity contribution in [2.75, 3.05) is 5.32 Å². The summed E-state index contributed by atoms with van der Waals surface area (Å²) in [6, 6.07) is 12.2. The van der Waals surface area contributed by atoms with Gasteiger partial charge < -0.3 is 15.2 Å². The number of hydrogen-bond donors (Lipinski definition) is 2. The Bertz CT molecular complexity index is 931. The molecular formula is C18H19N5O2. The fourth-order valence-electron chi connectivity index (χ4n) is 2.49. The first kappa shape index (κ1) is 16.5. The molecular weight excluding hydrogens is 318 g/mol. The molecule has 0 aliphatic heterocycles. The molecule has 0 aliphatic carbocycles. The van der Waals surface area contributed by atoms with Crippen LogP contribution in [-0.4, -0.2) is 20.4 Å². The van der Waals surface area contributed by atoms with E-state index in [1.807, 2.05) is 43.5 Å². The summed E-state index contributed by atoms with van der Waals surface area (Å²) in [7, 11) is 1.63. The Morgan fingerprint density at radius 3 is 2.76 bits per heavy atom. The normalized spacial score (nSPS) is 11.8. The first-order chi connectivity index (χ1) is 12.0. The molecule has 7 nitrogen and oxygen atoms in total. The molecule has 0 spiro atoms. The molecule has 0 radical (unpaired) electrons. The van der Waals surface area contributed by atoms with Gasteiger partial charge in [-0.1, -0.05) is 12.1 Å². The van der Waals surface area contributed by atoms with Gasteiger partial charge in [0.2, 0.25) is 0 Å². The summed E-state index contributed by atoms with van der Waals surface area (Å²) in [6.07, 6.45) is 5.20. The molecule has 0 saturated carbocycles. The molecule has 0 fully saturated rings. The van der Waals surface area contributed by atoms with Gasteiger partial charge in [-0.2, -0.15) is 5.10 Å². The van der Waals surface area contributed by atoms with Gasteiger partial charge in [0.25, 0.3) is 5.56 Å². The minimum absolute atomic E-state index is 0.233. The summed E-state index contributed by atoms with van der Waals surface area (Å²) in [5.41, 5.74) is 1.82. The van der Waals surface area contributed by atoms with Crippen LogP contribution in [0, 0.1) is 0 Å². The zero-order valence-electron chi connectivity index (χ0n) is 14.0. The quantitative estimate of drug-likeness (QED) is 0.767. The lowest BCUT2D eigenvalue weighted by molar-refractivity contribution is 0.249. The number of carbonyl (C=O) groups is 1. The van der Waals surface area contributed by atoms with Gasteiger partial charge in [0, 0.05) is 25.6 Å². The maximum atomic E-state index is 12.2. The first-order valence-electron chi connectivity index (χ1n) is 7.88. The average Bonchev–Trinajstić information content (AvgIpc) is 3.14. The van der Waals surface area contributed by atoms with Crippen LogP contribution in [-0.2, 0) is 7.05 Å². The minimum atomic E-state index is -0.430. The van der Waals surface area contributed by atoms with Crippen LogP contribution in [0.15, 0.2) is 65.8 Å². The molecule has 0 saturated heterocycles. The van der Waals surface area contributed by atoms with Gasteiger partial charge >= 0.3 is 6.03 Å². The second-order valence-corrected chi connectivity index (χ2v) is 5.70. The molecule has 1 aromatic carbocycles. The highest BCUT2D eigenvalue weighted by atomic mass is 16.2. The molecule has 7 heteroatoms. The molecule has 25 heavy (non-hydrogen) atoms. The van der Waals surface area contributed by atoms with Crippen molar-refractivity contribution in [2.45, 2.75) is 13.0 Å². The number of hydrogen-bond acceptors (Lipinski definition) is 3. The number of nitrogens with one attached hydrogen (secondary N) is 2. The summed E-state index contributed by atoms with van der Waals surface area (Å²) in [5, 5.41) is 9.63. The maximum Gasteiger partial charge on any atom is 0.319 e. The van der Waals surface area contributed by atoms with Crippen LogP contribution in [0.5, 0.6) is 0 Å². The number of amides is 2. The SMILES string of the molecule is C[C@H](NC(=O)Nc1cccn(C)c1=O)c1cccc(-n2cccn2)c1. The van der Waals surface area contributed by atoms with Crippen LogP contribution in [0.2, 0.25) is 0 Å². The van der Waals surface area contributed by atoms with Gasteiger partial charge in [-0.3, -0.25) is 4.79 Å². The highest BCUT2D eigenvalue weighted by Gasteiger charge is 2.12. The lowest BCUT2D eigenvalue weighted by Crippen LogP contribution is -2.33. The Labute approximate surface area is 144 Å². The maximum absolute atomic E-state index is 12.2. The number of urea groups is 1. The highest BCUT2D eigenvalue weighted by Crippen LogP contribution is 2.16. The molecule has 128 valence electrons. The first-order valence-corrected chi connectivity index (χ1v) is 7.88. The van der Waals surface area contributed by atoms with Gasteiger partial charge in [0.05, 0.1) is 11.7 Å². The Morgan fingerprint density at radius 1 is 1.16 bits per heavy atom. The number of pyridine rings is 1. The predicted octanol–water partition coefficient (Wildman–Crippen LogP) is 2.45. The van der Waals surface area contributed by atoms with Crippen LogP contribution in [0.25, 0.3) is 5.69 Å². The molecule has 0 bridgehead atoms. The van der Waals surface area contributed by atoms with Crippen molar-refractivity contribution in [3.05, 3.63) is 77.0 Å². The second kappa shape index (κ2) is 7.04. The molecule has 0 aliphatic rings. The monoisotopic (exact) mass is 337 g/mol. The number of nitrogens with zero attached hydrogens (tertiary/aromatic N) is 3. The van der Waals surface area contributed by atoms with E-state index in [0.717, 1.165) is 11.3 Å². The van der Waals surface area contributed by atoms with Crippen LogP contribution >= 0.6 is 0 Å². The highest BCUT2D eigenvalue weighted by molar-refractivity contribution is 5.89. The summed E-state index contributed by atoms with van der Waals surface area (Å²) >= 11 is 0. The van der Waals surface area contributed by atoms with Crippen molar-refractivity contribution >= 4 is 11.7 Å². The second-order valence-electron chi connectivity index (χ2n) is 5.70. The number of aryl methyl sites for hydroxylation is 1. The summed E-state index contributed by atoms with van der Waals surface area (Å²) in [6.45, 7) is 1.88. The van der Waals surface area contributed by atoms with E-state index in [4.69, 9.17) is 0 Å². The Hall–Kier alpha value is -3.35. The van der Waals surface area contributed by atoms with Crippen LogP contribution in [0.1, 0.15) is 18.5 Å². The Kier molecular flexibility index (Phi) is 4.65. The number of benzene rings is 1. The van der Waals surface area contributed by atoms with Crippen LogP contribution in [0.3, 0.4) is 0 Å². The predicted molar refractivity (Wildman–Crippen MR) is 95.8 cm³/mol. The molecule has 2 aromatic heterocycles. The van der Waals surface area contributed by atoms with E-state index in [0.29, 0.717) is 0 Å². The number of aromatic nitrogens is 3. The van der Waals surface area contributed by atoms with Crippen molar-refractivity contribution in [2.24, 2.45) is 7.05 Å². The molecule has 3 aromatic rings. The van der Waals surface area contributed by atoms with Crippen LogP contribution in [0.4, 0.5) is 10.5 Å². The van der Waals surface area contributed by atoms with Crippen LogP contribution < -0.4 is 16.2 Å². The largest absolute Gasteiger partial charge is 0.331 e. The molecule has 0 unspecified atom stereocenters. The fourth-order valence-corrected chi connectivity index (χ4v) is 2.49. The summed E-state index contributed by atoms with van der Waals surface area (Å²) in [4.78, 5) is 24.1. The summed E-state index contributed by atoms with van der Waals surface area (Å²) < 4.78 is 3.16. The van der Waals surface area contributed by atoms with Crippen molar-refractivity contribution in [1.29, 1.82) is 0 Å². The lowest BCUT2D eigenvalue weighted by Gasteiger charge is -2.16. The van der Waals surface area contributed by atoms with Gasteiger partial charge in [-0.25, -0.2) is 9.48 Å². The number of anilines is 1. The zero-order chi connectivity index (χ0) is 17.8. The smallest absolute Gasteiger partial charge is 0.319 e. The third kappa shape index (κ3) is 3.77. The van der Waals surface area contributed by atoms with Gasteiger partial charge in [0.1, 0.15) is 5.69 Å². The van der Waals surface area contributed by atoms with Crippen molar-refractivity contribution in [3.63, 3.8) is 0 Å². The van der Waals surface area contributed by atoms with E-state index in [1.165, 1.54) is 4.57 Å². The van der Waals surface area contributed by atoms with E-state index in [1.54, 1.807) is 36.3 Å². The van der Waals surface area contributed by atoms with Gasteiger partial charge in [-0.05, 0) is 42.8 Å². The van der Waals surface area contributed by atoms with E-state index in [2.05, 4.69) is 15.7 Å². The standard InChI is InChI=1S/C18H19N5O2/c1-13(14-6-3-7-15(12-14)23-11-5-9-19-23)20-18(25)21-16-8-4-10-22(2)17(16)24/h3-13H,1-2H3,(H2,20,21,25)/t13-/m0/s1. The van der Waals surface area contributed by atoms with Crippen molar-refractivity contribution in [3.8, 4) is 5.69 Å². The van der Waals surface area contributed by atoms with E-state index in [-0.39, 0.29) is 17.3 Å².